The van der Waals surface area contributed by atoms with E-state index in [0.717, 1.165) is 62.4 Å². The van der Waals surface area contributed by atoms with Crippen LogP contribution in [0.1, 0.15) is 33.1 Å². The third-order valence-electron chi connectivity index (χ3n) is 7.85. The number of hydrogen-bond donors (Lipinski definition) is 2. The van der Waals surface area contributed by atoms with Crippen LogP contribution >= 0.6 is 11.6 Å². The molecule has 0 saturated carbocycles. The summed E-state index contributed by atoms with van der Waals surface area (Å²) in [5, 5.41) is 6.82. The van der Waals surface area contributed by atoms with E-state index in [4.69, 9.17) is 21.3 Å². The van der Waals surface area contributed by atoms with Gasteiger partial charge in [-0.25, -0.2) is 9.98 Å². The number of anilines is 1. The Kier molecular flexibility index (Phi) is 7.49. The summed E-state index contributed by atoms with van der Waals surface area (Å²) in [5.41, 5.74) is 3.45. The molecule has 2 aliphatic carbocycles. The molecule has 10 heteroatoms. The molecule has 2 unspecified atom stereocenters. The van der Waals surface area contributed by atoms with Gasteiger partial charge in [0.2, 0.25) is 5.91 Å². The van der Waals surface area contributed by atoms with Crippen LogP contribution in [0.2, 0.25) is 5.02 Å². The van der Waals surface area contributed by atoms with Gasteiger partial charge in [-0.05, 0) is 57.4 Å². The first-order valence-corrected chi connectivity index (χ1v) is 13.4. The van der Waals surface area contributed by atoms with Crippen LogP contribution in [0.4, 0.5) is 11.8 Å². The molecule has 2 aliphatic heterocycles. The van der Waals surface area contributed by atoms with E-state index in [1.54, 1.807) is 13.3 Å². The number of amides is 1. The summed E-state index contributed by atoms with van der Waals surface area (Å²) in [7, 11) is 3.89. The molecule has 3 heterocycles. The van der Waals surface area contributed by atoms with Gasteiger partial charge in [-0.1, -0.05) is 23.8 Å². The smallest absolute Gasteiger partial charge is 0.251 e. The molecule has 1 amide bonds. The van der Waals surface area contributed by atoms with Crippen molar-refractivity contribution < 1.29 is 9.53 Å². The lowest BCUT2D eigenvalue weighted by atomic mass is 9.79. The molecule has 0 spiro atoms. The highest BCUT2D eigenvalue weighted by atomic mass is 35.5. The van der Waals surface area contributed by atoms with Crippen molar-refractivity contribution in [3.63, 3.8) is 0 Å². The molecule has 0 radical (unpaired) electrons. The van der Waals surface area contributed by atoms with Gasteiger partial charge in [-0.15, -0.1) is 0 Å². The molecule has 2 N–H and O–H groups in total. The first-order chi connectivity index (χ1) is 17.8. The lowest BCUT2D eigenvalue weighted by Gasteiger charge is -2.39. The second-order valence-electron chi connectivity index (χ2n) is 10.7. The molecule has 2 atom stereocenters. The number of methoxy groups -OCH3 is 1. The van der Waals surface area contributed by atoms with E-state index in [2.05, 4.69) is 49.6 Å². The molecule has 9 nitrogen and oxygen atoms in total. The molecule has 1 aromatic heterocycles. The summed E-state index contributed by atoms with van der Waals surface area (Å²) in [6.07, 6.45) is 10.4. The predicted octanol–water partition coefficient (Wildman–Crippen LogP) is 3.34. The van der Waals surface area contributed by atoms with Gasteiger partial charge < -0.3 is 20.3 Å². The van der Waals surface area contributed by atoms with Gasteiger partial charge in [-0.2, -0.15) is 4.98 Å². The number of rotatable bonds is 6. The number of piperazine rings is 1. The maximum absolute atomic E-state index is 12.5. The minimum absolute atomic E-state index is 0.0365. The Morgan fingerprint density at radius 3 is 2.84 bits per heavy atom. The predicted molar refractivity (Wildman–Crippen MR) is 146 cm³/mol. The monoisotopic (exact) mass is 525 g/mol. The highest BCUT2D eigenvalue weighted by molar-refractivity contribution is 6.32. The Labute approximate surface area is 223 Å². The Hall–Kier alpha value is -2.59. The van der Waals surface area contributed by atoms with Gasteiger partial charge in [0.15, 0.2) is 5.82 Å². The quantitative estimate of drug-likeness (QED) is 0.588. The van der Waals surface area contributed by atoms with Crippen molar-refractivity contribution >= 4 is 35.0 Å². The molecule has 0 aromatic carbocycles. The number of allylic oxidation sites excluding steroid dienone is 2. The largest absolute Gasteiger partial charge is 0.375 e. The van der Waals surface area contributed by atoms with Gasteiger partial charge in [0.25, 0.3) is 5.95 Å². The van der Waals surface area contributed by atoms with E-state index in [0.29, 0.717) is 29.4 Å². The molecular weight excluding hydrogens is 490 g/mol. The standard InChI is InChI=1S/C27H36ClN7O2/c1-27(2)23-17(6-5-7-21(23)31-25(27)36)15-29-24-19(28)16-30-26(33-24)32-20-9-8-18(14-22(20)37-4)35-12-10-34(3)11-13-35/h7-9,16,18,22H,5-6,10-15H2,1-4H3,(H,31,36)(H,29,30,33). The molecule has 0 bridgehead atoms. The number of fused-ring (bicyclic) bond motifs is 1. The number of ether oxygens (including phenoxy) is 1. The number of hydrogen-bond acceptors (Lipinski definition) is 8. The molecule has 4 aliphatic rings. The Balaban J connectivity index is 1.32. The van der Waals surface area contributed by atoms with E-state index < -0.39 is 5.41 Å². The third-order valence-corrected chi connectivity index (χ3v) is 8.13. The number of aromatic nitrogens is 2. The number of carbonyl (C=O) groups excluding carboxylic acids is 1. The van der Waals surface area contributed by atoms with E-state index in [-0.39, 0.29) is 12.0 Å². The summed E-state index contributed by atoms with van der Waals surface area (Å²) < 4.78 is 5.81. The molecule has 198 valence electrons. The Morgan fingerprint density at radius 1 is 1.30 bits per heavy atom. The van der Waals surface area contributed by atoms with Crippen molar-refractivity contribution in [1.82, 2.24) is 25.1 Å². The van der Waals surface area contributed by atoms with Crippen LogP contribution in [0.5, 0.6) is 0 Å². The van der Waals surface area contributed by atoms with E-state index >= 15 is 0 Å². The van der Waals surface area contributed by atoms with Gasteiger partial charge >= 0.3 is 0 Å². The summed E-state index contributed by atoms with van der Waals surface area (Å²) in [6.45, 7) is 8.75. The molecule has 2 fully saturated rings. The second kappa shape index (κ2) is 10.6. The van der Waals surface area contributed by atoms with Gasteiger partial charge in [0.05, 0.1) is 17.3 Å². The van der Waals surface area contributed by atoms with Crippen molar-refractivity contribution in [2.75, 3.05) is 52.2 Å². The minimum atomic E-state index is -0.555. The molecular formula is C27H36ClN7O2. The van der Waals surface area contributed by atoms with Gasteiger partial charge in [-0.3, -0.25) is 9.69 Å². The average molecular weight is 526 g/mol. The van der Waals surface area contributed by atoms with Crippen LogP contribution in [0.3, 0.4) is 0 Å². The molecule has 5 rings (SSSR count). The second-order valence-corrected chi connectivity index (χ2v) is 11.1. The molecule has 1 aromatic rings. The van der Waals surface area contributed by atoms with Crippen LogP contribution in [-0.4, -0.2) is 90.4 Å². The zero-order chi connectivity index (χ0) is 26.2. The fourth-order valence-corrected chi connectivity index (χ4v) is 5.75. The third kappa shape index (κ3) is 5.36. The summed E-state index contributed by atoms with van der Waals surface area (Å²) >= 11 is 6.44. The maximum Gasteiger partial charge on any atom is 0.251 e. The van der Waals surface area contributed by atoms with Crippen molar-refractivity contribution in [2.45, 2.75) is 45.3 Å². The summed E-state index contributed by atoms with van der Waals surface area (Å²) in [6, 6.07) is 0.339. The first-order valence-electron chi connectivity index (χ1n) is 13.0. The fourth-order valence-electron chi connectivity index (χ4n) is 5.60. The number of nitrogens with zero attached hydrogens (tertiary/aromatic N) is 5. The Morgan fingerprint density at radius 2 is 2.08 bits per heavy atom. The normalized spacial score (nSPS) is 27.3. The highest BCUT2D eigenvalue weighted by Crippen LogP contribution is 2.42. The van der Waals surface area contributed by atoms with Crippen LogP contribution in [0.15, 0.2) is 46.3 Å². The minimum Gasteiger partial charge on any atom is -0.375 e. The van der Waals surface area contributed by atoms with Crippen molar-refractivity contribution in [3.8, 4) is 0 Å². The summed E-state index contributed by atoms with van der Waals surface area (Å²) in [5.74, 6) is 0.903. The van der Waals surface area contributed by atoms with Crippen LogP contribution in [-0.2, 0) is 9.53 Å². The maximum atomic E-state index is 12.5. The van der Waals surface area contributed by atoms with Gasteiger partial charge in [0.1, 0.15) is 11.1 Å². The van der Waals surface area contributed by atoms with Crippen LogP contribution < -0.4 is 10.6 Å². The highest BCUT2D eigenvalue weighted by Gasteiger charge is 2.43. The molecule has 2 saturated heterocycles. The number of likely N-dealkylation sites (N-methyl/N-ethyl adjacent to an activating group) is 1. The van der Waals surface area contributed by atoms with E-state index in [1.807, 2.05) is 19.9 Å². The van der Waals surface area contributed by atoms with Crippen molar-refractivity contribution in [2.24, 2.45) is 10.4 Å². The topological polar surface area (TPSA) is 95.0 Å². The zero-order valence-corrected chi connectivity index (χ0v) is 22.8. The zero-order valence-electron chi connectivity index (χ0n) is 22.1. The van der Waals surface area contributed by atoms with Crippen LogP contribution in [0, 0.1) is 5.41 Å². The van der Waals surface area contributed by atoms with Crippen molar-refractivity contribution in [3.05, 3.63) is 46.3 Å². The van der Waals surface area contributed by atoms with Crippen LogP contribution in [0.25, 0.3) is 0 Å². The van der Waals surface area contributed by atoms with Gasteiger partial charge in [0, 0.05) is 51.6 Å². The summed E-state index contributed by atoms with van der Waals surface area (Å²) in [4.78, 5) is 31.0. The number of aliphatic imine (C=N–C) groups is 1. The first kappa shape index (κ1) is 26.0. The number of nitrogens with one attached hydrogen (secondary N) is 2. The lowest BCUT2D eigenvalue weighted by molar-refractivity contribution is -0.124. The van der Waals surface area contributed by atoms with E-state index in [1.165, 1.54) is 5.57 Å². The van der Waals surface area contributed by atoms with Crippen molar-refractivity contribution in [1.29, 1.82) is 0 Å². The fraction of sp³-hybridized carbons (Fsp3) is 0.556. The SMILES string of the molecule is COC1CC(N2CCN(C)CC2)C=CC1=Nc1ncc(Cl)c(NCC2=C3C(=CCC2)NC(=O)C3(C)C)n1. The lowest BCUT2D eigenvalue weighted by Crippen LogP contribution is -2.50. The number of halogens is 1. The van der Waals surface area contributed by atoms with E-state index in [9.17, 15) is 4.79 Å². The average Bonchev–Trinajstić information content (AvgIpc) is 3.13. The molecule has 37 heavy (non-hydrogen) atoms. The number of carbonyl (C=O) groups is 1. The Bertz CT molecular complexity index is 1180.